The summed E-state index contributed by atoms with van der Waals surface area (Å²) in [5.41, 5.74) is 2.04. The number of aliphatic hydroxyl groups is 1. The first-order valence-electron chi connectivity index (χ1n) is 6.57. The predicted octanol–water partition coefficient (Wildman–Crippen LogP) is 1.01. The topological polar surface area (TPSA) is 164 Å². The van der Waals surface area contributed by atoms with Crippen LogP contribution in [0.15, 0.2) is 59.8 Å². The fraction of sp³-hybridized carbons (Fsp3) is 0.214. The molecule has 3 unspecified atom stereocenters. The molecule has 0 aromatic rings. The maximum Gasteiger partial charge on any atom is 0.291 e. The Balaban J connectivity index is 0.000000549. The molecule has 0 aliphatic heterocycles. The molecule has 0 saturated carbocycles. The molecule has 3 N–H and O–H groups in total. The summed E-state index contributed by atoms with van der Waals surface area (Å²) in [6.07, 6.45) is 14.4. The molecule has 0 fully saturated rings. The van der Waals surface area contributed by atoms with E-state index >= 15 is 0 Å². The van der Waals surface area contributed by atoms with Gasteiger partial charge in [-0.15, -0.1) is 20.2 Å². The van der Waals surface area contributed by atoms with Crippen molar-refractivity contribution in [3.05, 3.63) is 80.0 Å². The van der Waals surface area contributed by atoms with Crippen LogP contribution in [-0.2, 0) is 21.9 Å². The van der Waals surface area contributed by atoms with Crippen LogP contribution < -0.4 is 0 Å². The molecule has 0 aromatic heterocycles. The average Bonchev–Trinajstić information content (AvgIpc) is 2.46. The second-order valence-electron chi connectivity index (χ2n) is 4.76. The Morgan fingerprint density at radius 3 is 2.12 bits per heavy atom. The minimum absolute atomic E-state index is 0. The Labute approximate surface area is 151 Å². The van der Waals surface area contributed by atoms with Gasteiger partial charge in [-0.2, -0.15) is 0 Å². The molecule has 25 heavy (non-hydrogen) atoms. The van der Waals surface area contributed by atoms with E-state index in [2.05, 4.69) is 6.08 Å². The van der Waals surface area contributed by atoms with Gasteiger partial charge in [-0.3, -0.25) is 4.79 Å². The molecular formula is C14H14CuN2O8. The van der Waals surface area contributed by atoms with Gasteiger partial charge in [0.25, 0.3) is 10.2 Å². The first kappa shape index (κ1) is 22.2. The standard InChI is InChI=1S/C14H12O2.Cu.2HNO3/c15-12-7-3-6-11-10-5-2-1-4-9(10)8-13(16)14(11)12;;2*2-1(3)4/h1-8,10,12,14-15H;;2*(H,2,3,4). The fourth-order valence-corrected chi connectivity index (χ4v) is 2.57. The van der Waals surface area contributed by atoms with Crippen LogP contribution >= 0.6 is 0 Å². The van der Waals surface area contributed by atoms with Crippen LogP contribution in [-0.4, -0.2) is 37.6 Å². The van der Waals surface area contributed by atoms with E-state index in [0.717, 1.165) is 11.1 Å². The van der Waals surface area contributed by atoms with Gasteiger partial charge < -0.3 is 15.5 Å². The molecule has 0 bridgehead atoms. The first-order valence-corrected chi connectivity index (χ1v) is 6.57. The Hall–Kier alpha value is -2.75. The van der Waals surface area contributed by atoms with Gasteiger partial charge in [0.1, 0.15) is 0 Å². The molecule has 11 heteroatoms. The van der Waals surface area contributed by atoms with Crippen molar-refractivity contribution in [2.45, 2.75) is 6.10 Å². The van der Waals surface area contributed by atoms with E-state index in [0.29, 0.717) is 0 Å². The summed E-state index contributed by atoms with van der Waals surface area (Å²) in [6, 6.07) is 0. The summed E-state index contributed by atoms with van der Waals surface area (Å²) in [6.45, 7) is 0. The SMILES string of the molecule is O=C1C=C2C=CC=CC2C2=CC=CC(O)C12.O=[N+]([O-])O.O=[N+]([O-])O.[Cu]. The van der Waals surface area contributed by atoms with Gasteiger partial charge in [-0.25, -0.2) is 0 Å². The van der Waals surface area contributed by atoms with E-state index in [-0.39, 0.29) is 34.7 Å². The zero-order chi connectivity index (χ0) is 18.3. The molecular weight excluding hydrogens is 388 g/mol. The van der Waals surface area contributed by atoms with Crippen molar-refractivity contribution in [3.8, 4) is 0 Å². The Bertz CT molecular complexity index is 660. The monoisotopic (exact) mass is 401 g/mol. The summed E-state index contributed by atoms with van der Waals surface area (Å²) in [7, 11) is 0. The smallest absolute Gasteiger partial charge is 0.291 e. The van der Waals surface area contributed by atoms with Crippen molar-refractivity contribution in [2.24, 2.45) is 11.8 Å². The Morgan fingerprint density at radius 1 is 1.00 bits per heavy atom. The molecule has 3 rings (SSSR count). The number of allylic oxidation sites excluding steroid dienone is 8. The first-order chi connectivity index (χ1) is 11.2. The predicted molar refractivity (Wildman–Crippen MR) is 79.1 cm³/mol. The second kappa shape index (κ2) is 10.2. The van der Waals surface area contributed by atoms with Crippen molar-refractivity contribution >= 4 is 5.78 Å². The molecule has 0 amide bonds. The largest absolute Gasteiger partial charge is 0.388 e. The zero-order valence-electron chi connectivity index (χ0n) is 12.4. The maximum atomic E-state index is 11.9. The van der Waals surface area contributed by atoms with Crippen LogP contribution in [0.1, 0.15) is 0 Å². The minimum Gasteiger partial charge on any atom is -0.388 e. The molecule has 3 aliphatic rings. The van der Waals surface area contributed by atoms with Gasteiger partial charge >= 0.3 is 0 Å². The molecule has 3 atom stereocenters. The minimum atomic E-state index is -1.50. The van der Waals surface area contributed by atoms with Crippen molar-refractivity contribution in [2.75, 3.05) is 0 Å². The van der Waals surface area contributed by atoms with Gasteiger partial charge in [0.05, 0.1) is 12.0 Å². The summed E-state index contributed by atoms with van der Waals surface area (Å²) in [4.78, 5) is 28.6. The number of ketones is 1. The molecule has 10 nitrogen and oxygen atoms in total. The quantitative estimate of drug-likeness (QED) is 0.307. The van der Waals surface area contributed by atoms with Crippen LogP contribution in [0.2, 0.25) is 0 Å². The van der Waals surface area contributed by atoms with E-state index < -0.39 is 16.3 Å². The summed E-state index contributed by atoms with van der Waals surface area (Å²) in [5, 5.41) is 37.1. The van der Waals surface area contributed by atoms with Gasteiger partial charge in [0.2, 0.25) is 0 Å². The van der Waals surface area contributed by atoms with E-state index in [9.17, 15) is 9.90 Å². The normalized spacial score (nSPS) is 24.5. The van der Waals surface area contributed by atoms with E-state index in [4.69, 9.17) is 30.6 Å². The number of carbonyl (C=O) groups is 1. The Morgan fingerprint density at radius 2 is 1.56 bits per heavy atom. The molecule has 0 aromatic carbocycles. The van der Waals surface area contributed by atoms with Crippen molar-refractivity contribution in [1.29, 1.82) is 0 Å². The van der Waals surface area contributed by atoms with Crippen molar-refractivity contribution in [1.82, 2.24) is 0 Å². The van der Waals surface area contributed by atoms with Gasteiger partial charge in [-0.1, -0.05) is 42.5 Å². The molecule has 3 aliphatic carbocycles. The van der Waals surface area contributed by atoms with Crippen LogP contribution in [0.4, 0.5) is 0 Å². The third kappa shape index (κ3) is 6.71. The molecule has 0 saturated heterocycles. The van der Waals surface area contributed by atoms with E-state index in [1.807, 2.05) is 30.4 Å². The third-order valence-electron chi connectivity index (χ3n) is 3.33. The van der Waals surface area contributed by atoms with E-state index in [1.54, 1.807) is 12.2 Å². The number of carbonyl (C=O) groups excluding carboxylic acids is 1. The molecule has 139 valence electrons. The van der Waals surface area contributed by atoms with Crippen molar-refractivity contribution < 1.29 is 47.6 Å². The maximum absolute atomic E-state index is 11.9. The van der Waals surface area contributed by atoms with Crippen LogP contribution in [0.5, 0.6) is 0 Å². The number of aliphatic hydroxyl groups excluding tert-OH is 1. The Kier molecular flexibility index (Phi) is 9.06. The summed E-state index contributed by atoms with van der Waals surface area (Å²) >= 11 is 0. The fourth-order valence-electron chi connectivity index (χ4n) is 2.57. The summed E-state index contributed by atoms with van der Waals surface area (Å²) in [5.74, 6) is -0.212. The molecule has 0 heterocycles. The van der Waals surface area contributed by atoms with Crippen LogP contribution in [0.3, 0.4) is 0 Å². The molecule has 1 radical (unpaired) electrons. The number of hydrogen-bond donors (Lipinski definition) is 3. The summed E-state index contributed by atoms with van der Waals surface area (Å²) < 4.78 is 0. The second-order valence-corrected chi connectivity index (χ2v) is 4.76. The van der Waals surface area contributed by atoms with E-state index in [1.165, 1.54) is 0 Å². The zero-order valence-corrected chi connectivity index (χ0v) is 13.4. The number of hydrogen-bond acceptors (Lipinski definition) is 6. The number of rotatable bonds is 0. The van der Waals surface area contributed by atoms with Crippen LogP contribution in [0.25, 0.3) is 0 Å². The molecule has 0 spiro atoms. The van der Waals surface area contributed by atoms with Crippen molar-refractivity contribution in [3.63, 3.8) is 0 Å². The van der Waals surface area contributed by atoms with Gasteiger partial charge in [0.15, 0.2) is 5.78 Å². The number of fused-ring (bicyclic) bond motifs is 3. The third-order valence-corrected chi connectivity index (χ3v) is 3.33. The van der Waals surface area contributed by atoms with Gasteiger partial charge in [-0.05, 0) is 17.2 Å². The average molecular weight is 402 g/mol. The van der Waals surface area contributed by atoms with Crippen LogP contribution in [0, 0.1) is 32.1 Å². The number of nitrogens with zero attached hydrogens (tertiary/aromatic N) is 2. The van der Waals surface area contributed by atoms with Gasteiger partial charge in [0, 0.05) is 23.0 Å².